The van der Waals surface area contributed by atoms with Crippen molar-refractivity contribution in [3.8, 4) is 0 Å². The quantitative estimate of drug-likeness (QED) is 0.892. The van der Waals surface area contributed by atoms with E-state index in [4.69, 9.17) is 0 Å². The molecule has 0 bridgehead atoms. The molecule has 0 amide bonds. The lowest BCUT2D eigenvalue weighted by molar-refractivity contribution is 0.199. The monoisotopic (exact) mass is 279 g/mol. The molecule has 1 aliphatic rings. The number of benzene rings is 1. The standard InChI is InChI=1S/C17H26FNO/c1-4-5-14-6-8-19(9-7-14)17-10-12(2)16(18)11-15(17)13(3)20/h10-11,13-14,20H,4-9H2,1-3H3/t13-/m0/s1. The minimum absolute atomic E-state index is 0.231. The van der Waals surface area contributed by atoms with Gasteiger partial charge in [0.1, 0.15) is 5.82 Å². The Kier molecular flexibility index (Phi) is 5.03. The summed E-state index contributed by atoms with van der Waals surface area (Å²) >= 11 is 0. The first-order valence-corrected chi connectivity index (χ1v) is 7.76. The summed E-state index contributed by atoms with van der Waals surface area (Å²) in [4.78, 5) is 2.31. The van der Waals surface area contributed by atoms with Crippen molar-refractivity contribution >= 4 is 5.69 Å². The van der Waals surface area contributed by atoms with Crippen molar-refractivity contribution in [2.75, 3.05) is 18.0 Å². The second-order valence-electron chi connectivity index (χ2n) is 6.06. The van der Waals surface area contributed by atoms with E-state index < -0.39 is 6.10 Å². The number of aliphatic hydroxyl groups excluding tert-OH is 1. The van der Waals surface area contributed by atoms with Crippen LogP contribution >= 0.6 is 0 Å². The molecule has 0 saturated carbocycles. The van der Waals surface area contributed by atoms with Crippen LogP contribution in [0, 0.1) is 18.7 Å². The Morgan fingerprint density at radius 2 is 2.00 bits per heavy atom. The molecular formula is C17H26FNO. The topological polar surface area (TPSA) is 23.5 Å². The molecule has 0 radical (unpaired) electrons. The minimum Gasteiger partial charge on any atom is -0.389 e. The Morgan fingerprint density at radius 3 is 2.55 bits per heavy atom. The lowest BCUT2D eigenvalue weighted by Crippen LogP contribution is -2.34. The summed E-state index contributed by atoms with van der Waals surface area (Å²) in [6.45, 7) is 7.75. The van der Waals surface area contributed by atoms with Crippen LogP contribution in [-0.4, -0.2) is 18.2 Å². The van der Waals surface area contributed by atoms with Crippen LogP contribution in [0.25, 0.3) is 0 Å². The van der Waals surface area contributed by atoms with Gasteiger partial charge in [-0.25, -0.2) is 4.39 Å². The van der Waals surface area contributed by atoms with Crippen molar-refractivity contribution in [3.05, 3.63) is 29.1 Å². The van der Waals surface area contributed by atoms with E-state index in [9.17, 15) is 9.50 Å². The highest BCUT2D eigenvalue weighted by Crippen LogP contribution is 2.33. The van der Waals surface area contributed by atoms with E-state index in [1.807, 2.05) is 6.07 Å². The summed E-state index contributed by atoms with van der Waals surface area (Å²) in [7, 11) is 0. The molecule has 20 heavy (non-hydrogen) atoms. The third kappa shape index (κ3) is 3.32. The predicted molar refractivity (Wildman–Crippen MR) is 81.6 cm³/mol. The summed E-state index contributed by atoms with van der Waals surface area (Å²) in [6.07, 6.45) is 4.32. The number of aliphatic hydroxyl groups is 1. The zero-order chi connectivity index (χ0) is 14.7. The van der Waals surface area contributed by atoms with Crippen LogP contribution < -0.4 is 4.90 Å². The van der Waals surface area contributed by atoms with Gasteiger partial charge >= 0.3 is 0 Å². The third-order valence-electron chi connectivity index (χ3n) is 4.41. The molecule has 1 aromatic carbocycles. The molecule has 1 N–H and O–H groups in total. The average molecular weight is 279 g/mol. The number of hydrogen-bond donors (Lipinski definition) is 1. The Labute approximate surface area is 121 Å². The van der Waals surface area contributed by atoms with Gasteiger partial charge in [-0.3, -0.25) is 0 Å². The number of halogens is 1. The van der Waals surface area contributed by atoms with E-state index >= 15 is 0 Å². The van der Waals surface area contributed by atoms with Crippen LogP contribution in [0.1, 0.15) is 56.8 Å². The number of rotatable bonds is 4. The second-order valence-corrected chi connectivity index (χ2v) is 6.06. The van der Waals surface area contributed by atoms with Crippen molar-refractivity contribution in [1.29, 1.82) is 0 Å². The maximum absolute atomic E-state index is 13.7. The molecule has 0 aliphatic carbocycles. The van der Waals surface area contributed by atoms with Gasteiger partial charge in [0, 0.05) is 24.3 Å². The van der Waals surface area contributed by atoms with Crippen molar-refractivity contribution in [2.45, 2.75) is 52.6 Å². The highest BCUT2D eigenvalue weighted by Gasteiger charge is 2.22. The second kappa shape index (κ2) is 6.57. The average Bonchev–Trinajstić information content (AvgIpc) is 2.42. The summed E-state index contributed by atoms with van der Waals surface area (Å²) in [5.41, 5.74) is 2.37. The number of anilines is 1. The fourth-order valence-electron chi connectivity index (χ4n) is 3.16. The molecule has 1 saturated heterocycles. The molecule has 0 spiro atoms. The summed E-state index contributed by atoms with van der Waals surface area (Å²) in [6, 6.07) is 3.38. The smallest absolute Gasteiger partial charge is 0.126 e. The van der Waals surface area contributed by atoms with Gasteiger partial charge in [0.2, 0.25) is 0 Å². The van der Waals surface area contributed by atoms with Crippen LogP contribution in [0.3, 0.4) is 0 Å². The maximum atomic E-state index is 13.7. The zero-order valence-corrected chi connectivity index (χ0v) is 12.8. The first kappa shape index (κ1) is 15.3. The number of piperidine rings is 1. The van der Waals surface area contributed by atoms with Gasteiger partial charge < -0.3 is 10.0 Å². The van der Waals surface area contributed by atoms with Gasteiger partial charge in [-0.2, -0.15) is 0 Å². The molecule has 3 heteroatoms. The minimum atomic E-state index is -0.631. The van der Waals surface area contributed by atoms with E-state index in [1.54, 1.807) is 13.8 Å². The summed E-state index contributed by atoms with van der Waals surface area (Å²) in [5, 5.41) is 9.89. The molecule has 2 rings (SSSR count). The van der Waals surface area contributed by atoms with Crippen LogP contribution in [0.2, 0.25) is 0 Å². The van der Waals surface area contributed by atoms with Gasteiger partial charge in [0.25, 0.3) is 0 Å². The fraction of sp³-hybridized carbons (Fsp3) is 0.647. The van der Waals surface area contributed by atoms with Crippen molar-refractivity contribution in [2.24, 2.45) is 5.92 Å². The summed E-state index contributed by atoms with van der Waals surface area (Å²) in [5.74, 6) is 0.596. The van der Waals surface area contributed by atoms with Gasteiger partial charge in [-0.05, 0) is 50.3 Å². The van der Waals surface area contributed by atoms with Crippen LogP contribution in [-0.2, 0) is 0 Å². The molecule has 0 unspecified atom stereocenters. The Bertz CT molecular complexity index is 451. The van der Waals surface area contributed by atoms with E-state index in [0.29, 0.717) is 11.1 Å². The SMILES string of the molecule is CCCC1CCN(c2cc(C)c(F)cc2[C@H](C)O)CC1. The van der Waals surface area contributed by atoms with E-state index in [0.717, 1.165) is 24.7 Å². The van der Waals surface area contributed by atoms with Crippen molar-refractivity contribution in [1.82, 2.24) is 0 Å². The largest absolute Gasteiger partial charge is 0.389 e. The fourth-order valence-corrected chi connectivity index (χ4v) is 3.16. The molecule has 2 nitrogen and oxygen atoms in total. The zero-order valence-electron chi connectivity index (χ0n) is 12.8. The first-order chi connectivity index (χ1) is 9.52. The summed E-state index contributed by atoms with van der Waals surface area (Å²) < 4.78 is 13.7. The van der Waals surface area contributed by atoms with E-state index in [1.165, 1.54) is 31.7 Å². The maximum Gasteiger partial charge on any atom is 0.126 e. The van der Waals surface area contributed by atoms with Crippen molar-refractivity contribution < 1.29 is 9.50 Å². The Morgan fingerprint density at radius 1 is 1.35 bits per heavy atom. The molecule has 1 fully saturated rings. The number of nitrogens with zero attached hydrogens (tertiary/aromatic N) is 1. The van der Waals surface area contributed by atoms with Gasteiger partial charge in [0.15, 0.2) is 0 Å². The predicted octanol–water partition coefficient (Wildman–Crippen LogP) is 4.20. The lowest BCUT2D eigenvalue weighted by Gasteiger charge is -2.35. The third-order valence-corrected chi connectivity index (χ3v) is 4.41. The van der Waals surface area contributed by atoms with E-state index in [2.05, 4.69) is 11.8 Å². The van der Waals surface area contributed by atoms with Gasteiger partial charge in [0.05, 0.1) is 6.10 Å². The highest BCUT2D eigenvalue weighted by atomic mass is 19.1. The molecule has 1 aliphatic heterocycles. The highest BCUT2D eigenvalue weighted by molar-refractivity contribution is 5.57. The Balaban J connectivity index is 2.18. The Hall–Kier alpha value is -1.09. The molecule has 1 heterocycles. The normalized spacial score (nSPS) is 18.4. The molecular weight excluding hydrogens is 253 g/mol. The number of hydrogen-bond acceptors (Lipinski definition) is 2. The lowest BCUT2D eigenvalue weighted by atomic mass is 9.91. The molecule has 1 atom stereocenters. The number of aryl methyl sites for hydroxylation is 1. The molecule has 112 valence electrons. The first-order valence-electron chi connectivity index (χ1n) is 7.76. The van der Waals surface area contributed by atoms with Crippen LogP contribution in [0.4, 0.5) is 10.1 Å². The van der Waals surface area contributed by atoms with Gasteiger partial charge in [-0.1, -0.05) is 19.8 Å². The van der Waals surface area contributed by atoms with Gasteiger partial charge in [-0.15, -0.1) is 0 Å². The van der Waals surface area contributed by atoms with Crippen LogP contribution in [0.15, 0.2) is 12.1 Å². The molecule has 0 aromatic heterocycles. The van der Waals surface area contributed by atoms with Crippen molar-refractivity contribution in [3.63, 3.8) is 0 Å². The molecule has 1 aromatic rings. The van der Waals surface area contributed by atoms with E-state index in [-0.39, 0.29) is 5.82 Å². The van der Waals surface area contributed by atoms with Crippen LogP contribution in [0.5, 0.6) is 0 Å².